The average Bonchev–Trinajstić information content (AvgIpc) is 2.96. The third-order valence-electron chi connectivity index (χ3n) is 3.19. The molecule has 1 aromatic carbocycles. The molecule has 0 fully saturated rings. The minimum Gasteiger partial charge on any atom is -0.493 e. The van der Waals surface area contributed by atoms with Crippen molar-refractivity contribution in [3.8, 4) is 11.5 Å². The van der Waals surface area contributed by atoms with Crippen molar-refractivity contribution in [3.63, 3.8) is 0 Å². The smallest absolute Gasteiger partial charge is 0.257 e. The minimum atomic E-state index is -0.247. The molecule has 0 aliphatic carbocycles. The highest BCUT2D eigenvalue weighted by atomic mass is 16.5. The van der Waals surface area contributed by atoms with E-state index in [1.807, 2.05) is 13.0 Å². The number of aromatic amines is 1. The lowest BCUT2D eigenvalue weighted by atomic mass is 10.1. The van der Waals surface area contributed by atoms with Gasteiger partial charge >= 0.3 is 0 Å². The molecule has 22 heavy (non-hydrogen) atoms. The van der Waals surface area contributed by atoms with Gasteiger partial charge in [0.1, 0.15) is 0 Å². The van der Waals surface area contributed by atoms with Gasteiger partial charge in [0.15, 0.2) is 17.3 Å². The number of rotatable bonds is 6. The van der Waals surface area contributed by atoms with Crippen LogP contribution in [0.2, 0.25) is 0 Å². The Morgan fingerprint density at radius 1 is 1.32 bits per heavy atom. The van der Waals surface area contributed by atoms with Gasteiger partial charge in [-0.2, -0.15) is 5.10 Å². The van der Waals surface area contributed by atoms with Crippen LogP contribution in [0.5, 0.6) is 11.5 Å². The van der Waals surface area contributed by atoms with Crippen molar-refractivity contribution in [2.75, 3.05) is 19.0 Å². The molecule has 1 amide bonds. The SMILES string of the molecule is CCOc1ccc(C(=O)Nc2cc(C(C)C)[nH]n2)cc1OC. The Balaban J connectivity index is 2.14. The van der Waals surface area contributed by atoms with Gasteiger partial charge in [0.05, 0.1) is 13.7 Å². The Morgan fingerprint density at radius 3 is 2.68 bits per heavy atom. The molecule has 0 radical (unpaired) electrons. The zero-order chi connectivity index (χ0) is 16.1. The topological polar surface area (TPSA) is 76.2 Å². The van der Waals surface area contributed by atoms with Crippen LogP contribution < -0.4 is 14.8 Å². The van der Waals surface area contributed by atoms with Crippen LogP contribution >= 0.6 is 0 Å². The van der Waals surface area contributed by atoms with Crippen molar-refractivity contribution in [1.29, 1.82) is 0 Å². The third kappa shape index (κ3) is 3.58. The molecule has 6 nitrogen and oxygen atoms in total. The Labute approximate surface area is 129 Å². The molecule has 2 N–H and O–H groups in total. The van der Waals surface area contributed by atoms with Gasteiger partial charge in [-0.05, 0) is 31.0 Å². The summed E-state index contributed by atoms with van der Waals surface area (Å²) < 4.78 is 10.7. The maximum atomic E-state index is 12.3. The molecule has 0 saturated carbocycles. The molecule has 1 heterocycles. The summed E-state index contributed by atoms with van der Waals surface area (Å²) in [7, 11) is 1.54. The van der Waals surface area contributed by atoms with Crippen LogP contribution in [0.15, 0.2) is 24.3 Å². The van der Waals surface area contributed by atoms with E-state index in [9.17, 15) is 4.79 Å². The van der Waals surface area contributed by atoms with E-state index in [0.29, 0.717) is 35.4 Å². The molecule has 0 aliphatic rings. The number of aromatic nitrogens is 2. The normalized spacial score (nSPS) is 10.6. The summed E-state index contributed by atoms with van der Waals surface area (Å²) in [6.45, 7) is 6.53. The van der Waals surface area contributed by atoms with E-state index < -0.39 is 0 Å². The fourth-order valence-corrected chi connectivity index (χ4v) is 1.97. The second-order valence-corrected chi connectivity index (χ2v) is 5.12. The van der Waals surface area contributed by atoms with Crippen LogP contribution in [0.3, 0.4) is 0 Å². The highest BCUT2D eigenvalue weighted by Crippen LogP contribution is 2.28. The van der Waals surface area contributed by atoms with Crippen molar-refractivity contribution in [2.45, 2.75) is 26.7 Å². The zero-order valence-corrected chi connectivity index (χ0v) is 13.3. The molecule has 118 valence electrons. The number of benzene rings is 1. The molecular formula is C16H21N3O3. The maximum Gasteiger partial charge on any atom is 0.257 e. The van der Waals surface area contributed by atoms with Gasteiger partial charge in [-0.1, -0.05) is 13.8 Å². The summed E-state index contributed by atoms with van der Waals surface area (Å²) in [6.07, 6.45) is 0. The number of nitrogens with one attached hydrogen (secondary N) is 2. The zero-order valence-electron chi connectivity index (χ0n) is 13.3. The van der Waals surface area contributed by atoms with Crippen molar-refractivity contribution < 1.29 is 14.3 Å². The standard InChI is InChI=1S/C16H21N3O3/c1-5-22-13-7-6-11(8-14(13)21-4)16(20)17-15-9-12(10(2)3)18-19-15/h6-10H,5H2,1-4H3,(H2,17,18,19,20). The monoisotopic (exact) mass is 303 g/mol. The first-order valence-electron chi connectivity index (χ1n) is 7.22. The van der Waals surface area contributed by atoms with E-state index in [2.05, 4.69) is 29.4 Å². The van der Waals surface area contributed by atoms with Gasteiger partial charge in [-0.25, -0.2) is 0 Å². The lowest BCUT2D eigenvalue weighted by Crippen LogP contribution is -2.12. The highest BCUT2D eigenvalue weighted by Gasteiger charge is 2.13. The van der Waals surface area contributed by atoms with Gasteiger partial charge < -0.3 is 14.8 Å². The van der Waals surface area contributed by atoms with Gasteiger partial charge in [0, 0.05) is 17.3 Å². The van der Waals surface area contributed by atoms with Crippen molar-refractivity contribution in [1.82, 2.24) is 10.2 Å². The van der Waals surface area contributed by atoms with E-state index in [-0.39, 0.29) is 5.91 Å². The lowest BCUT2D eigenvalue weighted by molar-refractivity contribution is 0.102. The first-order chi connectivity index (χ1) is 10.5. The van der Waals surface area contributed by atoms with Crippen molar-refractivity contribution in [3.05, 3.63) is 35.5 Å². The fourth-order valence-electron chi connectivity index (χ4n) is 1.97. The number of carbonyl (C=O) groups excluding carboxylic acids is 1. The van der Waals surface area contributed by atoms with Crippen molar-refractivity contribution >= 4 is 11.7 Å². The molecule has 0 atom stereocenters. The minimum absolute atomic E-state index is 0.247. The Bertz CT molecular complexity index is 650. The van der Waals surface area contributed by atoms with Crippen molar-refractivity contribution in [2.24, 2.45) is 0 Å². The van der Waals surface area contributed by atoms with Crippen LogP contribution in [-0.4, -0.2) is 29.8 Å². The predicted octanol–water partition coefficient (Wildman–Crippen LogP) is 3.19. The highest BCUT2D eigenvalue weighted by molar-refractivity contribution is 6.04. The molecule has 6 heteroatoms. The largest absolute Gasteiger partial charge is 0.493 e. The molecule has 0 unspecified atom stereocenters. The number of ether oxygens (including phenoxy) is 2. The van der Waals surface area contributed by atoms with Crippen LogP contribution in [-0.2, 0) is 0 Å². The lowest BCUT2D eigenvalue weighted by Gasteiger charge is -2.10. The maximum absolute atomic E-state index is 12.3. The summed E-state index contributed by atoms with van der Waals surface area (Å²) >= 11 is 0. The number of hydrogen-bond acceptors (Lipinski definition) is 4. The van der Waals surface area contributed by atoms with Gasteiger partial charge in [0.25, 0.3) is 5.91 Å². The number of H-pyrrole nitrogens is 1. The number of methoxy groups -OCH3 is 1. The summed E-state index contributed by atoms with van der Waals surface area (Å²) in [4.78, 5) is 12.3. The predicted molar refractivity (Wildman–Crippen MR) is 84.8 cm³/mol. The summed E-state index contributed by atoms with van der Waals surface area (Å²) in [5, 5.41) is 9.74. The molecule has 2 aromatic rings. The Hall–Kier alpha value is -2.50. The number of amides is 1. The molecule has 2 rings (SSSR count). The van der Waals surface area contributed by atoms with Gasteiger partial charge in [-0.15, -0.1) is 0 Å². The molecule has 0 bridgehead atoms. The van der Waals surface area contributed by atoms with E-state index in [4.69, 9.17) is 9.47 Å². The number of anilines is 1. The Kier molecular flexibility index (Phi) is 5.04. The van der Waals surface area contributed by atoms with Gasteiger partial charge in [-0.3, -0.25) is 9.89 Å². The number of hydrogen-bond donors (Lipinski definition) is 2. The second kappa shape index (κ2) is 6.98. The van der Waals surface area contributed by atoms with E-state index in [1.165, 1.54) is 0 Å². The van der Waals surface area contributed by atoms with Crippen LogP contribution in [0.25, 0.3) is 0 Å². The third-order valence-corrected chi connectivity index (χ3v) is 3.19. The summed E-state index contributed by atoms with van der Waals surface area (Å²) in [5.74, 6) is 1.72. The molecule has 1 aromatic heterocycles. The van der Waals surface area contributed by atoms with Crippen LogP contribution in [0.1, 0.15) is 42.7 Å². The average molecular weight is 303 g/mol. The summed E-state index contributed by atoms with van der Waals surface area (Å²) in [5.41, 5.74) is 1.45. The molecule has 0 aliphatic heterocycles. The van der Waals surface area contributed by atoms with E-state index >= 15 is 0 Å². The number of nitrogens with zero attached hydrogens (tertiary/aromatic N) is 1. The van der Waals surface area contributed by atoms with Crippen LogP contribution in [0, 0.1) is 0 Å². The molecule has 0 spiro atoms. The van der Waals surface area contributed by atoms with Crippen LogP contribution in [0.4, 0.5) is 5.82 Å². The van der Waals surface area contributed by atoms with Gasteiger partial charge in [0.2, 0.25) is 0 Å². The first-order valence-corrected chi connectivity index (χ1v) is 7.22. The van der Waals surface area contributed by atoms with E-state index in [1.54, 1.807) is 25.3 Å². The quantitative estimate of drug-likeness (QED) is 0.859. The second-order valence-electron chi connectivity index (χ2n) is 5.12. The first kappa shape index (κ1) is 15.9. The fraction of sp³-hybridized carbons (Fsp3) is 0.375. The molecule has 0 saturated heterocycles. The summed E-state index contributed by atoms with van der Waals surface area (Å²) in [6, 6.07) is 6.89. The van der Waals surface area contributed by atoms with E-state index in [0.717, 1.165) is 5.69 Å². The number of carbonyl (C=O) groups is 1. The Morgan fingerprint density at radius 2 is 2.09 bits per heavy atom. The molecular weight excluding hydrogens is 282 g/mol.